The van der Waals surface area contributed by atoms with Crippen LogP contribution in [-0.2, 0) is 10.4 Å². The maximum Gasteiger partial charge on any atom is 0.229 e. The SMILES string of the molecule is CN(C)c1ccc(N(C)C(=O)CC(C)(O)c2ccccc2)cc1. The molecule has 0 fully saturated rings. The number of rotatable bonds is 5. The van der Waals surface area contributed by atoms with E-state index in [2.05, 4.69) is 0 Å². The molecule has 2 rings (SSSR count). The first-order chi connectivity index (χ1) is 10.8. The summed E-state index contributed by atoms with van der Waals surface area (Å²) in [5.74, 6) is -0.128. The predicted octanol–water partition coefficient (Wildman–Crippen LogP) is 3.01. The molecular weight excluding hydrogens is 288 g/mol. The van der Waals surface area contributed by atoms with E-state index >= 15 is 0 Å². The lowest BCUT2D eigenvalue weighted by atomic mass is 9.92. The van der Waals surface area contributed by atoms with Crippen molar-refractivity contribution in [3.8, 4) is 0 Å². The number of nitrogens with zero attached hydrogens (tertiary/aromatic N) is 2. The first-order valence-electron chi connectivity index (χ1n) is 7.63. The fourth-order valence-electron chi connectivity index (χ4n) is 2.43. The van der Waals surface area contributed by atoms with Gasteiger partial charge in [0.15, 0.2) is 0 Å². The van der Waals surface area contributed by atoms with Gasteiger partial charge in [0, 0.05) is 32.5 Å². The van der Waals surface area contributed by atoms with Gasteiger partial charge < -0.3 is 14.9 Å². The Morgan fingerprint density at radius 2 is 1.48 bits per heavy atom. The van der Waals surface area contributed by atoms with Gasteiger partial charge in [-0.05, 0) is 36.8 Å². The van der Waals surface area contributed by atoms with E-state index in [1.807, 2.05) is 73.6 Å². The molecule has 0 aliphatic carbocycles. The van der Waals surface area contributed by atoms with Crippen LogP contribution in [0.15, 0.2) is 54.6 Å². The zero-order valence-electron chi connectivity index (χ0n) is 14.2. The van der Waals surface area contributed by atoms with E-state index in [0.29, 0.717) is 0 Å². The normalized spacial score (nSPS) is 13.3. The summed E-state index contributed by atoms with van der Waals surface area (Å²) in [7, 11) is 5.68. The Labute approximate surface area is 138 Å². The fraction of sp³-hybridized carbons (Fsp3) is 0.316. The van der Waals surface area contributed by atoms with Gasteiger partial charge in [0.1, 0.15) is 0 Å². The van der Waals surface area contributed by atoms with Crippen molar-refractivity contribution in [2.24, 2.45) is 0 Å². The average Bonchev–Trinajstić information content (AvgIpc) is 2.54. The summed E-state index contributed by atoms with van der Waals surface area (Å²) in [5, 5.41) is 10.6. The molecule has 0 spiro atoms. The van der Waals surface area contributed by atoms with Crippen molar-refractivity contribution in [2.75, 3.05) is 30.9 Å². The highest BCUT2D eigenvalue weighted by Crippen LogP contribution is 2.26. The summed E-state index contributed by atoms with van der Waals surface area (Å²) in [5.41, 5.74) is 1.44. The number of hydrogen-bond acceptors (Lipinski definition) is 3. The van der Waals surface area contributed by atoms with Crippen molar-refractivity contribution in [1.29, 1.82) is 0 Å². The monoisotopic (exact) mass is 312 g/mol. The molecule has 0 radical (unpaired) electrons. The van der Waals surface area contributed by atoms with Gasteiger partial charge in [0.2, 0.25) is 5.91 Å². The fourth-order valence-corrected chi connectivity index (χ4v) is 2.43. The molecule has 1 unspecified atom stereocenters. The zero-order chi connectivity index (χ0) is 17.0. The third kappa shape index (κ3) is 4.11. The van der Waals surface area contributed by atoms with E-state index in [-0.39, 0.29) is 12.3 Å². The first-order valence-corrected chi connectivity index (χ1v) is 7.63. The summed E-state index contributed by atoms with van der Waals surface area (Å²) in [6, 6.07) is 17.0. The summed E-state index contributed by atoms with van der Waals surface area (Å²) >= 11 is 0. The van der Waals surface area contributed by atoms with Gasteiger partial charge in [-0.15, -0.1) is 0 Å². The highest BCUT2D eigenvalue weighted by molar-refractivity contribution is 5.93. The van der Waals surface area contributed by atoms with Crippen molar-refractivity contribution in [3.05, 3.63) is 60.2 Å². The standard InChI is InChI=1S/C19H24N2O2/c1-19(23,15-8-6-5-7-9-15)14-18(22)21(4)17-12-10-16(11-13-17)20(2)3/h5-13,23H,14H2,1-4H3. The van der Waals surface area contributed by atoms with Gasteiger partial charge in [0.25, 0.3) is 0 Å². The smallest absolute Gasteiger partial charge is 0.229 e. The maximum absolute atomic E-state index is 12.5. The van der Waals surface area contributed by atoms with E-state index in [4.69, 9.17) is 0 Å². The molecule has 23 heavy (non-hydrogen) atoms. The van der Waals surface area contributed by atoms with Gasteiger partial charge in [-0.1, -0.05) is 30.3 Å². The zero-order valence-corrected chi connectivity index (χ0v) is 14.2. The van der Waals surface area contributed by atoms with Gasteiger partial charge in [-0.25, -0.2) is 0 Å². The summed E-state index contributed by atoms with van der Waals surface area (Å²) in [4.78, 5) is 16.1. The highest BCUT2D eigenvalue weighted by Gasteiger charge is 2.28. The van der Waals surface area contributed by atoms with Crippen LogP contribution in [-0.4, -0.2) is 32.2 Å². The lowest BCUT2D eigenvalue weighted by Crippen LogP contribution is -2.34. The molecule has 2 aromatic rings. The molecule has 0 heterocycles. The molecule has 0 aromatic heterocycles. The predicted molar refractivity (Wildman–Crippen MR) is 94.8 cm³/mol. The van der Waals surface area contributed by atoms with Crippen LogP contribution in [0.4, 0.5) is 11.4 Å². The van der Waals surface area contributed by atoms with Gasteiger partial charge >= 0.3 is 0 Å². The quantitative estimate of drug-likeness (QED) is 0.923. The first kappa shape index (κ1) is 17.0. The van der Waals surface area contributed by atoms with E-state index < -0.39 is 5.60 Å². The molecular formula is C19H24N2O2. The summed E-state index contributed by atoms with van der Waals surface area (Å²) in [6.45, 7) is 1.67. The Balaban J connectivity index is 2.10. The second-order valence-corrected chi connectivity index (χ2v) is 6.18. The molecule has 0 bridgehead atoms. The molecule has 2 aromatic carbocycles. The molecule has 122 valence electrons. The van der Waals surface area contributed by atoms with Crippen molar-refractivity contribution >= 4 is 17.3 Å². The third-order valence-corrected chi connectivity index (χ3v) is 4.02. The van der Waals surface area contributed by atoms with Gasteiger partial charge in [-0.3, -0.25) is 4.79 Å². The van der Waals surface area contributed by atoms with E-state index in [1.54, 1.807) is 18.9 Å². The lowest BCUT2D eigenvalue weighted by molar-refractivity contribution is -0.123. The third-order valence-electron chi connectivity index (χ3n) is 4.02. The van der Waals surface area contributed by atoms with Crippen molar-refractivity contribution in [3.63, 3.8) is 0 Å². The van der Waals surface area contributed by atoms with Crippen LogP contribution < -0.4 is 9.80 Å². The number of amides is 1. The minimum Gasteiger partial charge on any atom is -0.385 e. The van der Waals surface area contributed by atoms with E-state index in [1.165, 1.54) is 0 Å². The average molecular weight is 312 g/mol. The van der Waals surface area contributed by atoms with Crippen LogP contribution in [0, 0.1) is 0 Å². The Kier molecular flexibility index (Phi) is 5.06. The van der Waals surface area contributed by atoms with Crippen molar-refractivity contribution < 1.29 is 9.90 Å². The molecule has 1 N–H and O–H groups in total. The maximum atomic E-state index is 12.5. The topological polar surface area (TPSA) is 43.8 Å². The Morgan fingerprint density at radius 1 is 0.957 bits per heavy atom. The number of carbonyl (C=O) groups is 1. The number of aliphatic hydroxyl groups is 1. The van der Waals surface area contributed by atoms with Crippen molar-refractivity contribution in [1.82, 2.24) is 0 Å². The van der Waals surface area contributed by atoms with Crippen LogP contribution in [0.25, 0.3) is 0 Å². The molecule has 1 atom stereocenters. The Hall–Kier alpha value is -2.33. The number of benzene rings is 2. The highest BCUT2D eigenvalue weighted by atomic mass is 16.3. The minimum absolute atomic E-state index is 0.0307. The number of hydrogen-bond donors (Lipinski definition) is 1. The minimum atomic E-state index is -1.18. The second-order valence-electron chi connectivity index (χ2n) is 6.18. The molecule has 0 aliphatic heterocycles. The molecule has 0 saturated carbocycles. The van der Waals surface area contributed by atoms with Gasteiger partial charge in [-0.2, -0.15) is 0 Å². The largest absolute Gasteiger partial charge is 0.385 e. The van der Waals surface area contributed by atoms with E-state index in [9.17, 15) is 9.90 Å². The molecule has 0 saturated heterocycles. The molecule has 0 aliphatic rings. The molecule has 4 heteroatoms. The Bertz CT molecular complexity index is 649. The van der Waals surface area contributed by atoms with Crippen LogP contribution in [0.3, 0.4) is 0 Å². The second kappa shape index (κ2) is 6.84. The number of anilines is 2. The van der Waals surface area contributed by atoms with Crippen LogP contribution in [0.1, 0.15) is 18.9 Å². The molecule has 4 nitrogen and oxygen atoms in total. The lowest BCUT2D eigenvalue weighted by Gasteiger charge is -2.26. The summed E-state index contributed by atoms with van der Waals surface area (Å²) < 4.78 is 0. The van der Waals surface area contributed by atoms with Crippen LogP contribution >= 0.6 is 0 Å². The van der Waals surface area contributed by atoms with Crippen LogP contribution in [0.5, 0.6) is 0 Å². The van der Waals surface area contributed by atoms with Crippen molar-refractivity contribution in [2.45, 2.75) is 18.9 Å². The summed E-state index contributed by atoms with van der Waals surface area (Å²) in [6.07, 6.45) is 0.0307. The van der Waals surface area contributed by atoms with E-state index in [0.717, 1.165) is 16.9 Å². The van der Waals surface area contributed by atoms with Gasteiger partial charge in [0.05, 0.1) is 12.0 Å². The van der Waals surface area contributed by atoms with Crippen LogP contribution in [0.2, 0.25) is 0 Å². The Morgan fingerprint density at radius 3 is 2.00 bits per heavy atom. The number of carbonyl (C=O) groups excluding carboxylic acids is 1. The molecule has 1 amide bonds.